The maximum atomic E-state index is 11.0. The molecule has 60 valence electrons. The van der Waals surface area contributed by atoms with E-state index in [1.807, 2.05) is 12.2 Å². The molecule has 1 aliphatic carbocycles. The molecular formula is C8H11NO2. The topological polar surface area (TPSA) is 40.5 Å². The molecule has 0 radical (unpaired) electrons. The van der Waals surface area contributed by atoms with Crippen molar-refractivity contribution < 1.29 is 10.0 Å². The molecule has 0 aromatic rings. The van der Waals surface area contributed by atoms with Gasteiger partial charge in [-0.1, -0.05) is 12.2 Å². The molecule has 1 aliphatic heterocycles. The van der Waals surface area contributed by atoms with E-state index in [1.165, 1.54) is 0 Å². The lowest BCUT2D eigenvalue weighted by molar-refractivity contribution is -0.174. The van der Waals surface area contributed by atoms with E-state index >= 15 is 0 Å². The highest BCUT2D eigenvalue weighted by molar-refractivity contribution is 5.79. The smallest absolute Gasteiger partial charge is 0.246 e. The quantitative estimate of drug-likeness (QED) is 0.418. The molecule has 2 rings (SSSR count). The molecule has 1 N–H and O–H groups in total. The standard InChI is InChI=1S/C8H11NO2/c10-7-3-6-8(9(7)11)4-1-2-5-8/h1,4,11H,2-3,5-6H2. The summed E-state index contributed by atoms with van der Waals surface area (Å²) in [5.41, 5.74) is -0.322. The third kappa shape index (κ3) is 0.807. The molecule has 0 bridgehead atoms. The van der Waals surface area contributed by atoms with Crippen LogP contribution in [-0.4, -0.2) is 21.7 Å². The predicted octanol–water partition coefficient (Wildman–Crippen LogP) is 1.09. The summed E-state index contributed by atoms with van der Waals surface area (Å²) >= 11 is 0. The first-order valence-electron chi connectivity index (χ1n) is 3.94. The van der Waals surface area contributed by atoms with Crippen LogP contribution >= 0.6 is 0 Å². The average molecular weight is 153 g/mol. The van der Waals surface area contributed by atoms with Gasteiger partial charge in [-0.3, -0.25) is 10.0 Å². The second-order valence-electron chi connectivity index (χ2n) is 3.25. The Kier molecular flexibility index (Phi) is 1.29. The largest absolute Gasteiger partial charge is 0.285 e. The lowest BCUT2D eigenvalue weighted by Crippen LogP contribution is -2.40. The molecule has 0 aromatic carbocycles. The number of allylic oxidation sites excluding steroid dienone is 1. The van der Waals surface area contributed by atoms with Crippen molar-refractivity contribution in [3.8, 4) is 0 Å². The molecule has 1 spiro atoms. The van der Waals surface area contributed by atoms with E-state index in [4.69, 9.17) is 0 Å². The van der Waals surface area contributed by atoms with Crippen LogP contribution in [0.4, 0.5) is 0 Å². The van der Waals surface area contributed by atoms with Crippen LogP contribution in [0, 0.1) is 0 Å². The van der Waals surface area contributed by atoms with Gasteiger partial charge in [0, 0.05) is 6.42 Å². The molecule has 1 fully saturated rings. The van der Waals surface area contributed by atoms with Gasteiger partial charge in [-0.05, 0) is 19.3 Å². The van der Waals surface area contributed by atoms with Gasteiger partial charge in [-0.15, -0.1) is 0 Å². The van der Waals surface area contributed by atoms with Gasteiger partial charge in [0.2, 0.25) is 5.91 Å². The number of amides is 1. The molecular weight excluding hydrogens is 142 g/mol. The molecule has 11 heavy (non-hydrogen) atoms. The van der Waals surface area contributed by atoms with Crippen molar-refractivity contribution in [2.45, 2.75) is 31.2 Å². The van der Waals surface area contributed by atoms with Crippen molar-refractivity contribution in [3.63, 3.8) is 0 Å². The van der Waals surface area contributed by atoms with Crippen LogP contribution in [0.25, 0.3) is 0 Å². The van der Waals surface area contributed by atoms with Gasteiger partial charge in [0.1, 0.15) is 0 Å². The van der Waals surface area contributed by atoms with Crippen LogP contribution < -0.4 is 0 Å². The highest BCUT2D eigenvalue weighted by atomic mass is 16.5. The van der Waals surface area contributed by atoms with Gasteiger partial charge in [-0.25, -0.2) is 5.06 Å². The van der Waals surface area contributed by atoms with Crippen molar-refractivity contribution >= 4 is 5.91 Å². The second-order valence-corrected chi connectivity index (χ2v) is 3.25. The van der Waals surface area contributed by atoms with E-state index in [1.54, 1.807) is 0 Å². The lowest BCUT2D eigenvalue weighted by atomic mass is 9.97. The van der Waals surface area contributed by atoms with Crippen molar-refractivity contribution in [1.29, 1.82) is 0 Å². The lowest BCUT2D eigenvalue weighted by Gasteiger charge is -2.27. The normalized spacial score (nSPS) is 36.1. The monoisotopic (exact) mass is 153 g/mol. The zero-order valence-corrected chi connectivity index (χ0v) is 6.29. The second kappa shape index (κ2) is 2.08. The van der Waals surface area contributed by atoms with Crippen molar-refractivity contribution in [2.24, 2.45) is 0 Å². The fourth-order valence-electron chi connectivity index (χ4n) is 1.89. The molecule has 1 atom stereocenters. The van der Waals surface area contributed by atoms with Gasteiger partial charge in [-0.2, -0.15) is 0 Å². The van der Waals surface area contributed by atoms with Gasteiger partial charge < -0.3 is 0 Å². The minimum absolute atomic E-state index is 0.142. The van der Waals surface area contributed by atoms with E-state index in [0.29, 0.717) is 6.42 Å². The Hall–Kier alpha value is -0.830. The Balaban J connectivity index is 2.27. The van der Waals surface area contributed by atoms with E-state index in [0.717, 1.165) is 24.3 Å². The predicted molar refractivity (Wildman–Crippen MR) is 39.0 cm³/mol. The minimum Gasteiger partial charge on any atom is -0.285 e. The molecule has 1 amide bonds. The van der Waals surface area contributed by atoms with Crippen LogP contribution in [0.2, 0.25) is 0 Å². The highest BCUT2D eigenvalue weighted by Crippen LogP contribution is 2.37. The summed E-state index contributed by atoms with van der Waals surface area (Å²) in [7, 11) is 0. The van der Waals surface area contributed by atoms with Crippen molar-refractivity contribution in [3.05, 3.63) is 12.2 Å². The van der Waals surface area contributed by atoms with E-state index in [-0.39, 0.29) is 11.4 Å². The first-order valence-corrected chi connectivity index (χ1v) is 3.94. The van der Waals surface area contributed by atoms with Crippen molar-refractivity contribution in [1.82, 2.24) is 5.06 Å². The Labute approximate surface area is 65.3 Å². The zero-order chi connectivity index (χ0) is 7.90. The fraction of sp³-hybridized carbons (Fsp3) is 0.625. The molecule has 3 heteroatoms. The molecule has 0 aromatic heterocycles. The van der Waals surface area contributed by atoms with Crippen LogP contribution in [0.1, 0.15) is 25.7 Å². The average Bonchev–Trinajstić information content (AvgIpc) is 2.56. The number of nitrogens with zero attached hydrogens (tertiary/aromatic N) is 1. The molecule has 1 heterocycles. The molecule has 3 nitrogen and oxygen atoms in total. The number of carbonyl (C=O) groups is 1. The van der Waals surface area contributed by atoms with Crippen LogP contribution in [0.5, 0.6) is 0 Å². The minimum atomic E-state index is -0.322. The summed E-state index contributed by atoms with van der Waals surface area (Å²) in [5.74, 6) is -0.142. The Morgan fingerprint density at radius 3 is 2.82 bits per heavy atom. The van der Waals surface area contributed by atoms with Crippen LogP contribution in [0.15, 0.2) is 12.2 Å². The molecule has 2 aliphatic rings. The number of hydrogen-bond acceptors (Lipinski definition) is 2. The van der Waals surface area contributed by atoms with Crippen molar-refractivity contribution in [2.75, 3.05) is 0 Å². The Morgan fingerprint density at radius 2 is 2.36 bits per heavy atom. The Morgan fingerprint density at radius 1 is 1.55 bits per heavy atom. The summed E-state index contributed by atoms with van der Waals surface area (Å²) in [5, 5.41) is 10.3. The maximum Gasteiger partial charge on any atom is 0.246 e. The fourth-order valence-corrected chi connectivity index (χ4v) is 1.89. The molecule has 1 unspecified atom stereocenters. The van der Waals surface area contributed by atoms with Crippen LogP contribution in [0.3, 0.4) is 0 Å². The summed E-state index contributed by atoms with van der Waals surface area (Å²) in [6, 6.07) is 0. The first-order chi connectivity index (χ1) is 5.25. The molecule has 1 saturated heterocycles. The number of hydrogen-bond donors (Lipinski definition) is 1. The van der Waals surface area contributed by atoms with Gasteiger partial charge in [0.25, 0.3) is 0 Å². The summed E-state index contributed by atoms with van der Waals surface area (Å²) < 4.78 is 0. The first kappa shape index (κ1) is 6.85. The third-order valence-electron chi connectivity index (χ3n) is 2.60. The van der Waals surface area contributed by atoms with Gasteiger partial charge in [0.15, 0.2) is 0 Å². The SMILES string of the molecule is O=C1CCC2(C=CCC2)N1O. The number of carbonyl (C=O) groups excluding carboxylic acids is 1. The van der Waals surface area contributed by atoms with Crippen LogP contribution in [-0.2, 0) is 4.79 Å². The van der Waals surface area contributed by atoms with E-state index in [2.05, 4.69) is 0 Å². The van der Waals surface area contributed by atoms with Gasteiger partial charge in [0.05, 0.1) is 5.54 Å². The third-order valence-corrected chi connectivity index (χ3v) is 2.60. The maximum absolute atomic E-state index is 11.0. The summed E-state index contributed by atoms with van der Waals surface area (Å²) in [6.07, 6.45) is 7.11. The van der Waals surface area contributed by atoms with E-state index < -0.39 is 0 Å². The number of rotatable bonds is 0. The van der Waals surface area contributed by atoms with Gasteiger partial charge >= 0.3 is 0 Å². The zero-order valence-electron chi connectivity index (χ0n) is 6.29. The molecule has 0 saturated carbocycles. The van der Waals surface area contributed by atoms with E-state index in [9.17, 15) is 10.0 Å². The Bertz CT molecular complexity index is 224. The number of hydroxylamine groups is 2. The highest BCUT2D eigenvalue weighted by Gasteiger charge is 2.44. The summed E-state index contributed by atoms with van der Waals surface area (Å²) in [4.78, 5) is 11.0. The summed E-state index contributed by atoms with van der Waals surface area (Å²) in [6.45, 7) is 0.